The predicted octanol–water partition coefficient (Wildman–Crippen LogP) is 2.79. The Labute approximate surface area is 127 Å². The van der Waals surface area contributed by atoms with E-state index in [4.69, 9.17) is 0 Å². The lowest BCUT2D eigenvalue weighted by molar-refractivity contribution is -0.124. The van der Waals surface area contributed by atoms with Crippen LogP contribution in [0, 0.1) is 5.92 Å². The molecule has 1 aliphatic carbocycles. The first-order chi connectivity index (χ1) is 10.3. The van der Waals surface area contributed by atoms with Crippen molar-refractivity contribution in [1.82, 2.24) is 10.6 Å². The first-order valence-electron chi connectivity index (χ1n) is 8.36. The van der Waals surface area contributed by atoms with Crippen LogP contribution in [0.1, 0.15) is 50.2 Å². The minimum atomic E-state index is -0.0659. The zero-order valence-corrected chi connectivity index (χ0v) is 12.9. The summed E-state index contributed by atoms with van der Waals surface area (Å²) in [5.41, 5.74) is 2.64. The molecule has 0 aromatic heterocycles. The topological polar surface area (TPSA) is 41.1 Å². The van der Waals surface area contributed by atoms with Gasteiger partial charge < -0.3 is 10.6 Å². The van der Waals surface area contributed by atoms with Crippen molar-refractivity contribution in [2.75, 3.05) is 0 Å². The van der Waals surface area contributed by atoms with E-state index in [1.54, 1.807) is 0 Å². The second kappa shape index (κ2) is 6.61. The Hall–Kier alpha value is -1.35. The third kappa shape index (κ3) is 3.46. The number of nitrogens with one attached hydrogen (secondary N) is 2. The van der Waals surface area contributed by atoms with Crippen LogP contribution >= 0.6 is 0 Å². The van der Waals surface area contributed by atoms with Crippen molar-refractivity contribution in [3.63, 3.8) is 0 Å². The molecular weight excluding hydrogens is 260 g/mol. The number of rotatable bonds is 3. The highest BCUT2D eigenvalue weighted by Crippen LogP contribution is 2.26. The zero-order chi connectivity index (χ0) is 14.7. The molecule has 3 rings (SSSR count). The predicted molar refractivity (Wildman–Crippen MR) is 85.0 cm³/mol. The molecular formula is C18H26N2O. The van der Waals surface area contributed by atoms with E-state index in [9.17, 15) is 4.79 Å². The molecule has 1 amide bonds. The van der Waals surface area contributed by atoms with E-state index in [1.165, 1.54) is 30.4 Å². The fourth-order valence-corrected chi connectivity index (χ4v) is 3.66. The molecule has 3 nitrogen and oxygen atoms in total. The standard InChI is InChI=1S/C18H26N2O/c1-2-13-7-9-16(10-8-13)20-18(21)17-11-14-5-3-4-6-15(14)12-19-17/h3-6,13,16-17,19H,2,7-12H2,1H3,(H,20,21). The van der Waals surface area contributed by atoms with Crippen LogP contribution in [0.3, 0.4) is 0 Å². The molecule has 114 valence electrons. The van der Waals surface area contributed by atoms with Gasteiger partial charge in [-0.3, -0.25) is 4.79 Å². The minimum absolute atomic E-state index is 0.0659. The van der Waals surface area contributed by atoms with Crippen LogP contribution in [0.4, 0.5) is 0 Å². The number of fused-ring (bicyclic) bond motifs is 1. The van der Waals surface area contributed by atoms with E-state index in [1.807, 2.05) is 0 Å². The monoisotopic (exact) mass is 286 g/mol. The van der Waals surface area contributed by atoms with E-state index in [2.05, 4.69) is 41.8 Å². The van der Waals surface area contributed by atoms with Crippen LogP contribution < -0.4 is 10.6 Å². The Morgan fingerprint density at radius 1 is 1.19 bits per heavy atom. The smallest absolute Gasteiger partial charge is 0.237 e. The van der Waals surface area contributed by atoms with Gasteiger partial charge in [-0.15, -0.1) is 0 Å². The van der Waals surface area contributed by atoms with Gasteiger partial charge in [-0.05, 0) is 49.1 Å². The Bertz CT molecular complexity index is 492. The number of hydrogen-bond acceptors (Lipinski definition) is 2. The molecule has 2 N–H and O–H groups in total. The highest BCUT2D eigenvalue weighted by Gasteiger charge is 2.27. The van der Waals surface area contributed by atoms with Crippen molar-refractivity contribution in [3.05, 3.63) is 35.4 Å². The Morgan fingerprint density at radius 2 is 1.90 bits per heavy atom. The summed E-state index contributed by atoms with van der Waals surface area (Å²) >= 11 is 0. The normalized spacial score (nSPS) is 28.7. The van der Waals surface area contributed by atoms with E-state index in [0.717, 1.165) is 31.7 Å². The van der Waals surface area contributed by atoms with Crippen molar-refractivity contribution < 1.29 is 4.79 Å². The number of hydrogen-bond donors (Lipinski definition) is 2. The maximum atomic E-state index is 12.5. The lowest BCUT2D eigenvalue weighted by Crippen LogP contribution is -2.51. The van der Waals surface area contributed by atoms with Crippen molar-refractivity contribution in [2.24, 2.45) is 5.92 Å². The third-order valence-electron chi connectivity index (χ3n) is 5.17. The molecule has 1 atom stereocenters. The second-order valence-corrected chi connectivity index (χ2v) is 6.54. The van der Waals surface area contributed by atoms with Gasteiger partial charge in [0, 0.05) is 12.6 Å². The molecule has 1 heterocycles. The van der Waals surface area contributed by atoms with Gasteiger partial charge >= 0.3 is 0 Å². The van der Waals surface area contributed by atoms with Crippen LogP contribution in [-0.4, -0.2) is 18.0 Å². The SMILES string of the molecule is CCC1CCC(NC(=O)C2Cc3ccccc3CN2)CC1. The molecule has 1 fully saturated rings. The number of carbonyl (C=O) groups excluding carboxylic acids is 1. The van der Waals surface area contributed by atoms with Crippen LogP contribution in [0.2, 0.25) is 0 Å². The maximum absolute atomic E-state index is 12.5. The maximum Gasteiger partial charge on any atom is 0.237 e. The number of benzene rings is 1. The molecule has 1 aliphatic heterocycles. The first-order valence-corrected chi connectivity index (χ1v) is 8.36. The van der Waals surface area contributed by atoms with Crippen LogP contribution in [-0.2, 0) is 17.8 Å². The van der Waals surface area contributed by atoms with Gasteiger partial charge in [0.25, 0.3) is 0 Å². The van der Waals surface area contributed by atoms with Crippen LogP contribution in [0.15, 0.2) is 24.3 Å². The molecule has 0 bridgehead atoms. The number of amides is 1. The fraction of sp³-hybridized carbons (Fsp3) is 0.611. The Kier molecular flexibility index (Phi) is 4.59. The Balaban J connectivity index is 1.53. The van der Waals surface area contributed by atoms with Crippen molar-refractivity contribution >= 4 is 5.91 Å². The summed E-state index contributed by atoms with van der Waals surface area (Å²) in [5.74, 6) is 1.06. The summed E-state index contributed by atoms with van der Waals surface area (Å²) in [6, 6.07) is 8.73. The third-order valence-corrected chi connectivity index (χ3v) is 5.17. The van der Waals surface area contributed by atoms with Crippen molar-refractivity contribution in [1.29, 1.82) is 0 Å². The molecule has 1 unspecified atom stereocenters. The first kappa shape index (κ1) is 14.6. The minimum Gasteiger partial charge on any atom is -0.352 e. The average molecular weight is 286 g/mol. The molecule has 0 radical (unpaired) electrons. The van der Waals surface area contributed by atoms with Gasteiger partial charge in [0.2, 0.25) is 5.91 Å². The van der Waals surface area contributed by atoms with E-state index in [-0.39, 0.29) is 11.9 Å². The van der Waals surface area contributed by atoms with Crippen LogP contribution in [0.5, 0.6) is 0 Å². The summed E-state index contributed by atoms with van der Waals surface area (Å²) < 4.78 is 0. The molecule has 0 spiro atoms. The highest BCUT2D eigenvalue weighted by atomic mass is 16.2. The summed E-state index contributed by atoms with van der Waals surface area (Å²) in [6.45, 7) is 3.07. The molecule has 1 aromatic rings. The number of carbonyl (C=O) groups is 1. The summed E-state index contributed by atoms with van der Waals surface area (Å²) in [6.07, 6.45) is 6.92. The lowest BCUT2D eigenvalue weighted by atomic mass is 9.84. The molecule has 3 heteroatoms. The van der Waals surface area contributed by atoms with Gasteiger partial charge in [-0.2, -0.15) is 0 Å². The van der Waals surface area contributed by atoms with Crippen LogP contribution in [0.25, 0.3) is 0 Å². The Morgan fingerprint density at radius 3 is 2.62 bits per heavy atom. The van der Waals surface area contributed by atoms with E-state index < -0.39 is 0 Å². The molecule has 0 saturated heterocycles. The fourth-order valence-electron chi connectivity index (χ4n) is 3.66. The second-order valence-electron chi connectivity index (χ2n) is 6.54. The van der Waals surface area contributed by atoms with Gasteiger partial charge in [-0.1, -0.05) is 37.6 Å². The van der Waals surface area contributed by atoms with E-state index in [0.29, 0.717) is 6.04 Å². The highest BCUT2D eigenvalue weighted by molar-refractivity contribution is 5.82. The van der Waals surface area contributed by atoms with Crippen molar-refractivity contribution in [2.45, 2.75) is 64.1 Å². The summed E-state index contributed by atoms with van der Waals surface area (Å²) in [4.78, 5) is 12.5. The van der Waals surface area contributed by atoms with Gasteiger partial charge in [0.05, 0.1) is 6.04 Å². The molecule has 21 heavy (non-hydrogen) atoms. The largest absolute Gasteiger partial charge is 0.352 e. The zero-order valence-electron chi connectivity index (χ0n) is 12.9. The summed E-state index contributed by atoms with van der Waals surface area (Å²) in [5, 5.41) is 6.64. The van der Waals surface area contributed by atoms with Gasteiger partial charge in [0.15, 0.2) is 0 Å². The average Bonchev–Trinajstić information content (AvgIpc) is 2.55. The summed E-state index contributed by atoms with van der Waals surface area (Å²) in [7, 11) is 0. The van der Waals surface area contributed by atoms with Gasteiger partial charge in [-0.25, -0.2) is 0 Å². The molecule has 2 aliphatic rings. The van der Waals surface area contributed by atoms with E-state index >= 15 is 0 Å². The van der Waals surface area contributed by atoms with Gasteiger partial charge in [0.1, 0.15) is 0 Å². The van der Waals surface area contributed by atoms with Crippen molar-refractivity contribution in [3.8, 4) is 0 Å². The molecule has 1 saturated carbocycles. The quantitative estimate of drug-likeness (QED) is 0.897. The lowest BCUT2D eigenvalue weighted by Gasteiger charge is -2.31. The molecule has 1 aromatic carbocycles.